The smallest absolute Gasteiger partial charge is 0.340 e. The third-order valence-electron chi connectivity index (χ3n) is 4.80. The Labute approximate surface area is 186 Å². The van der Waals surface area contributed by atoms with Gasteiger partial charge in [-0.05, 0) is 12.0 Å². The van der Waals surface area contributed by atoms with Gasteiger partial charge in [-0.3, -0.25) is 0 Å². The van der Waals surface area contributed by atoms with E-state index in [1.165, 1.54) is 0 Å². The molecule has 1 aliphatic rings. The van der Waals surface area contributed by atoms with Gasteiger partial charge in [0, 0.05) is 12.3 Å². The van der Waals surface area contributed by atoms with Gasteiger partial charge in [-0.15, -0.1) is 11.4 Å². The van der Waals surface area contributed by atoms with Crippen LogP contribution in [0.1, 0.15) is 29.0 Å². The van der Waals surface area contributed by atoms with Gasteiger partial charge in [0.2, 0.25) is 5.82 Å². The van der Waals surface area contributed by atoms with E-state index in [0.717, 1.165) is 18.4 Å². The molecule has 0 saturated carbocycles. The molecule has 2 aromatic rings. The van der Waals surface area contributed by atoms with Gasteiger partial charge in [-0.25, -0.2) is 22.0 Å². The summed E-state index contributed by atoms with van der Waals surface area (Å²) in [6.07, 6.45) is -8.40. The molecule has 0 amide bonds. The number of halogens is 11. The van der Waals surface area contributed by atoms with Crippen LogP contribution >= 0.6 is 0 Å². The molecule has 166 valence electrons. The predicted molar refractivity (Wildman–Crippen MR) is 88.9 cm³/mol. The van der Waals surface area contributed by atoms with Crippen LogP contribution in [0, 0.1) is 35.4 Å². The van der Waals surface area contributed by atoms with Crippen LogP contribution in [0.4, 0.5) is 48.3 Å². The first-order valence-electron chi connectivity index (χ1n) is 8.54. The van der Waals surface area contributed by atoms with Crippen LogP contribution in [0.25, 0.3) is 0 Å². The second kappa shape index (κ2) is 9.14. The number of alkyl halides is 6. The minimum atomic E-state index is -5.06. The first-order valence-corrected chi connectivity index (χ1v) is 8.54. The molecule has 0 radical (unpaired) electrons. The van der Waals surface area contributed by atoms with E-state index in [4.69, 9.17) is 0 Å². The molecule has 32 heavy (non-hydrogen) atoms. The summed E-state index contributed by atoms with van der Waals surface area (Å²) < 4.78 is 146. The van der Waals surface area contributed by atoms with Crippen LogP contribution in [-0.2, 0) is 12.4 Å². The monoisotopic (exact) mass is 464 g/mol. The summed E-state index contributed by atoms with van der Waals surface area (Å²) in [5.74, 6) is -11.1. The number of hydrogen-bond acceptors (Lipinski definition) is 0. The number of allylic oxidation sites excluding steroid dienone is 1. The van der Waals surface area contributed by atoms with Gasteiger partial charge in [-0.1, -0.05) is 18.2 Å². The van der Waals surface area contributed by atoms with Gasteiger partial charge < -0.3 is 6.32 Å². The Balaban J connectivity index is 0.00000363. The molecule has 1 unspecified atom stereocenters. The molecular formula is C19H9BF11Li. The van der Waals surface area contributed by atoms with E-state index in [2.05, 4.69) is 0 Å². The zero-order valence-corrected chi connectivity index (χ0v) is 16.0. The molecule has 1 heterocycles. The van der Waals surface area contributed by atoms with Crippen molar-refractivity contribution < 1.29 is 67.2 Å². The third kappa shape index (κ3) is 5.01. The Bertz CT molecular complexity index is 982. The predicted octanol–water partition coefficient (Wildman–Crippen LogP) is 3.15. The van der Waals surface area contributed by atoms with Crippen molar-refractivity contribution in [3.8, 4) is 0 Å². The third-order valence-corrected chi connectivity index (χ3v) is 4.80. The molecule has 1 atom stereocenters. The maximum absolute atomic E-state index is 14.0. The fourth-order valence-corrected chi connectivity index (χ4v) is 3.28. The molecule has 1 aliphatic heterocycles. The maximum atomic E-state index is 14.0. The average Bonchev–Trinajstić information content (AvgIpc) is 2.70. The van der Waals surface area contributed by atoms with Gasteiger partial charge in [0.15, 0.2) is 23.3 Å². The first-order chi connectivity index (χ1) is 14.2. The van der Waals surface area contributed by atoms with Crippen LogP contribution in [0.5, 0.6) is 0 Å². The Kier molecular flexibility index (Phi) is 7.52. The largest absolute Gasteiger partial charge is 1.00 e. The molecule has 0 saturated heterocycles. The summed E-state index contributed by atoms with van der Waals surface area (Å²) in [5, 5.41) is 0. The van der Waals surface area contributed by atoms with Crippen molar-refractivity contribution in [1.82, 2.24) is 0 Å². The normalized spacial score (nSPS) is 16.8. The van der Waals surface area contributed by atoms with Gasteiger partial charge in [0.05, 0.1) is 11.1 Å². The molecule has 3 rings (SSSR count). The van der Waals surface area contributed by atoms with Crippen molar-refractivity contribution in [3.63, 3.8) is 0 Å². The van der Waals surface area contributed by atoms with Crippen molar-refractivity contribution >= 4 is 12.2 Å². The van der Waals surface area contributed by atoms with Crippen LogP contribution in [0.2, 0.25) is 0 Å². The van der Waals surface area contributed by atoms with E-state index < -0.39 is 82.6 Å². The topological polar surface area (TPSA) is 0 Å². The zero-order chi connectivity index (χ0) is 23.3. The maximum Gasteiger partial charge on any atom is 1.00 e. The van der Waals surface area contributed by atoms with Gasteiger partial charge in [0.25, 0.3) is 0 Å². The minimum Gasteiger partial charge on any atom is -0.340 e. The molecule has 0 spiro atoms. The van der Waals surface area contributed by atoms with Crippen LogP contribution in [0.3, 0.4) is 0 Å². The van der Waals surface area contributed by atoms with Crippen LogP contribution in [0.15, 0.2) is 30.3 Å². The molecule has 0 nitrogen and oxygen atoms in total. The molecule has 0 bridgehead atoms. The Morgan fingerprint density at radius 2 is 1.16 bits per heavy atom. The summed E-state index contributed by atoms with van der Waals surface area (Å²) in [6.45, 7) is -1.11. The Hall–Kier alpha value is -1.93. The van der Waals surface area contributed by atoms with Crippen molar-refractivity contribution in [2.45, 2.75) is 24.7 Å². The van der Waals surface area contributed by atoms with E-state index in [1.54, 1.807) is 0 Å². The number of hydrogen-bond donors (Lipinski definition) is 0. The van der Waals surface area contributed by atoms with E-state index in [9.17, 15) is 48.3 Å². The van der Waals surface area contributed by atoms with E-state index >= 15 is 0 Å². The second-order valence-electron chi connectivity index (χ2n) is 6.81. The van der Waals surface area contributed by atoms with E-state index in [1.807, 2.05) is 0 Å². The van der Waals surface area contributed by atoms with Crippen LogP contribution < -0.4 is 24.3 Å². The van der Waals surface area contributed by atoms with Gasteiger partial charge in [0.1, 0.15) is 0 Å². The summed E-state index contributed by atoms with van der Waals surface area (Å²) in [4.78, 5) is 0. The quantitative estimate of drug-likeness (QED) is 0.211. The molecule has 2 aromatic carbocycles. The fourth-order valence-electron chi connectivity index (χ4n) is 3.28. The first kappa shape index (κ1) is 26.3. The van der Waals surface area contributed by atoms with Gasteiger partial charge in [-0.2, -0.15) is 32.8 Å². The summed E-state index contributed by atoms with van der Waals surface area (Å²) in [6, 6.07) is 0.951. The number of benzene rings is 2. The average molecular weight is 464 g/mol. The SMILES string of the molecule is Fc1c(F)c(F)c(C2C=CB(c3cc(C(F)(F)F)cc(C(F)(F)F)c3)[CH-]C2)c(F)c1F.[Li+]. The van der Waals surface area contributed by atoms with E-state index in [-0.39, 0.29) is 24.9 Å². The summed E-state index contributed by atoms with van der Waals surface area (Å²) in [5.41, 5.74) is -4.61. The standard InChI is InChI=1S/C19H9BF11.Li/c21-13-12(14(22)16(24)17(25)15(13)23)8-1-3-20(4-2-8)11-6-9(18(26,27)28)5-10(7-11)19(29,30)31;/h1,3-8H,2H2;/q-1;+1. The van der Waals surface area contributed by atoms with Crippen molar-refractivity contribution in [3.05, 3.63) is 82.3 Å². The number of rotatable bonds is 2. The second-order valence-corrected chi connectivity index (χ2v) is 6.81. The molecule has 0 N–H and O–H groups in total. The fraction of sp³-hybridized carbons (Fsp3) is 0.211. The zero-order valence-electron chi connectivity index (χ0n) is 16.0. The molecular weight excluding hydrogens is 455 g/mol. The van der Waals surface area contributed by atoms with Gasteiger partial charge >= 0.3 is 31.2 Å². The molecule has 0 aliphatic carbocycles. The summed E-state index contributed by atoms with van der Waals surface area (Å²) >= 11 is 0. The Morgan fingerprint density at radius 1 is 0.719 bits per heavy atom. The van der Waals surface area contributed by atoms with E-state index in [0.29, 0.717) is 12.1 Å². The molecule has 0 fully saturated rings. The molecule has 0 aromatic heterocycles. The summed E-state index contributed by atoms with van der Waals surface area (Å²) in [7, 11) is 0. The van der Waals surface area contributed by atoms with Crippen molar-refractivity contribution in [2.75, 3.05) is 0 Å². The van der Waals surface area contributed by atoms with Crippen LogP contribution in [-0.4, -0.2) is 6.71 Å². The Morgan fingerprint density at radius 3 is 1.53 bits per heavy atom. The minimum absolute atomic E-state index is 0. The van der Waals surface area contributed by atoms with Crippen molar-refractivity contribution in [1.29, 1.82) is 0 Å². The molecule has 13 heteroatoms. The van der Waals surface area contributed by atoms with Crippen molar-refractivity contribution in [2.24, 2.45) is 0 Å².